The van der Waals surface area contributed by atoms with Gasteiger partial charge in [0.2, 0.25) is 0 Å². The van der Waals surface area contributed by atoms with Crippen LogP contribution in [0.25, 0.3) is 0 Å². The van der Waals surface area contributed by atoms with E-state index >= 15 is 0 Å². The number of nitro groups is 1. The summed E-state index contributed by atoms with van der Waals surface area (Å²) in [6.07, 6.45) is 1.05. The van der Waals surface area contributed by atoms with Crippen LogP contribution in [0, 0.1) is 16.0 Å². The normalized spacial score (nSPS) is 22.6. The molecular formula is C13H19Cl2N3O2. The van der Waals surface area contributed by atoms with Gasteiger partial charge in [0.1, 0.15) is 0 Å². The molecular weight excluding hydrogens is 301 g/mol. The van der Waals surface area contributed by atoms with Crippen molar-refractivity contribution in [3.63, 3.8) is 0 Å². The predicted octanol–water partition coefficient (Wildman–Crippen LogP) is 2.84. The van der Waals surface area contributed by atoms with Crippen LogP contribution < -0.4 is 5.73 Å². The van der Waals surface area contributed by atoms with Crippen LogP contribution in [0.4, 0.5) is 5.69 Å². The number of rotatable bonds is 4. The van der Waals surface area contributed by atoms with E-state index in [1.165, 1.54) is 6.07 Å². The van der Waals surface area contributed by atoms with Gasteiger partial charge < -0.3 is 5.73 Å². The lowest BCUT2D eigenvalue weighted by Gasteiger charge is -2.20. The van der Waals surface area contributed by atoms with E-state index in [9.17, 15) is 10.1 Å². The Hall–Kier alpha value is -0.880. The highest BCUT2D eigenvalue weighted by molar-refractivity contribution is 6.30. The third-order valence-electron chi connectivity index (χ3n) is 3.74. The third kappa shape index (κ3) is 3.82. The van der Waals surface area contributed by atoms with Crippen molar-refractivity contribution in [3.8, 4) is 0 Å². The third-order valence-corrected chi connectivity index (χ3v) is 3.98. The van der Waals surface area contributed by atoms with Crippen molar-refractivity contribution in [1.82, 2.24) is 4.90 Å². The molecule has 5 nitrogen and oxygen atoms in total. The lowest BCUT2D eigenvalue weighted by molar-refractivity contribution is -0.385. The summed E-state index contributed by atoms with van der Waals surface area (Å²) in [5.74, 6) is 0.487. The lowest BCUT2D eigenvalue weighted by atomic mass is 10.1. The van der Waals surface area contributed by atoms with E-state index in [4.69, 9.17) is 17.3 Å². The van der Waals surface area contributed by atoms with Crippen molar-refractivity contribution in [3.05, 3.63) is 38.9 Å². The Labute approximate surface area is 129 Å². The van der Waals surface area contributed by atoms with E-state index in [2.05, 4.69) is 11.8 Å². The molecule has 0 amide bonds. The van der Waals surface area contributed by atoms with Gasteiger partial charge in [-0.25, -0.2) is 0 Å². The first-order valence-corrected chi connectivity index (χ1v) is 6.76. The first kappa shape index (κ1) is 17.2. The van der Waals surface area contributed by atoms with Crippen molar-refractivity contribution in [2.24, 2.45) is 11.7 Å². The van der Waals surface area contributed by atoms with E-state index in [0.717, 1.165) is 13.0 Å². The second-order valence-corrected chi connectivity index (χ2v) is 5.58. The maximum absolute atomic E-state index is 11.1. The van der Waals surface area contributed by atoms with Gasteiger partial charge in [-0.3, -0.25) is 15.0 Å². The van der Waals surface area contributed by atoms with Crippen LogP contribution in [-0.4, -0.2) is 29.0 Å². The minimum atomic E-state index is -0.373. The summed E-state index contributed by atoms with van der Waals surface area (Å²) in [6.45, 7) is 4.28. The molecule has 1 aliphatic heterocycles. The fourth-order valence-electron chi connectivity index (χ4n) is 2.67. The Morgan fingerprint density at radius 3 is 2.80 bits per heavy atom. The zero-order valence-corrected chi connectivity index (χ0v) is 12.9. The molecule has 1 saturated heterocycles. The van der Waals surface area contributed by atoms with Gasteiger partial charge >= 0.3 is 0 Å². The molecule has 20 heavy (non-hydrogen) atoms. The van der Waals surface area contributed by atoms with Crippen LogP contribution in [-0.2, 0) is 6.54 Å². The van der Waals surface area contributed by atoms with Crippen LogP contribution in [0.3, 0.4) is 0 Å². The summed E-state index contributed by atoms with van der Waals surface area (Å²) in [6, 6.07) is 5.26. The summed E-state index contributed by atoms with van der Waals surface area (Å²) in [5, 5.41) is 11.5. The number of nitro benzene ring substituents is 1. The average Bonchev–Trinajstić information content (AvgIpc) is 2.72. The number of nitrogens with zero attached hydrogens (tertiary/aromatic N) is 2. The van der Waals surface area contributed by atoms with Crippen LogP contribution in [0.1, 0.15) is 18.9 Å². The zero-order chi connectivity index (χ0) is 14.0. The largest absolute Gasteiger partial charge is 0.330 e. The molecule has 1 aromatic carbocycles. The van der Waals surface area contributed by atoms with Crippen molar-refractivity contribution < 1.29 is 4.92 Å². The summed E-state index contributed by atoms with van der Waals surface area (Å²) in [4.78, 5) is 12.9. The van der Waals surface area contributed by atoms with Gasteiger partial charge in [0, 0.05) is 35.8 Å². The molecule has 2 atom stereocenters. The first-order chi connectivity index (χ1) is 9.01. The van der Waals surface area contributed by atoms with E-state index in [1.54, 1.807) is 12.1 Å². The second-order valence-electron chi connectivity index (χ2n) is 5.15. The molecule has 0 bridgehead atoms. The average molecular weight is 320 g/mol. The van der Waals surface area contributed by atoms with Gasteiger partial charge in [0.15, 0.2) is 0 Å². The Balaban J connectivity index is 0.00000200. The Morgan fingerprint density at radius 1 is 1.55 bits per heavy atom. The molecule has 1 heterocycles. The highest BCUT2D eigenvalue weighted by Crippen LogP contribution is 2.29. The fourth-order valence-corrected chi connectivity index (χ4v) is 2.83. The maximum Gasteiger partial charge on any atom is 0.275 e. The molecule has 0 aliphatic carbocycles. The molecule has 2 N–H and O–H groups in total. The summed E-state index contributed by atoms with van der Waals surface area (Å²) in [5.41, 5.74) is 6.50. The second kappa shape index (κ2) is 7.22. The standard InChI is InChI=1S/C13H18ClN3O2.ClH/c1-9-4-10(6-15)7-16(9)8-11-2-3-12(14)5-13(11)17(18)19;/h2-3,5,9-10H,4,6-8,15H2,1H3;1H. The molecule has 0 radical (unpaired) electrons. The molecule has 7 heteroatoms. The van der Waals surface area contributed by atoms with Crippen molar-refractivity contribution >= 4 is 29.7 Å². The minimum absolute atomic E-state index is 0. The Bertz CT molecular complexity index is 485. The highest BCUT2D eigenvalue weighted by Gasteiger charge is 2.29. The number of hydrogen-bond acceptors (Lipinski definition) is 4. The first-order valence-electron chi connectivity index (χ1n) is 6.38. The van der Waals surface area contributed by atoms with E-state index in [0.29, 0.717) is 35.6 Å². The van der Waals surface area contributed by atoms with E-state index in [-0.39, 0.29) is 23.0 Å². The molecule has 1 aliphatic rings. The Morgan fingerprint density at radius 2 is 2.25 bits per heavy atom. The van der Waals surface area contributed by atoms with E-state index < -0.39 is 0 Å². The highest BCUT2D eigenvalue weighted by atomic mass is 35.5. The quantitative estimate of drug-likeness (QED) is 0.684. The van der Waals surface area contributed by atoms with Gasteiger partial charge in [-0.1, -0.05) is 11.6 Å². The number of nitrogens with two attached hydrogens (primary N) is 1. The fraction of sp³-hybridized carbons (Fsp3) is 0.538. The van der Waals surface area contributed by atoms with Crippen LogP contribution in [0.5, 0.6) is 0 Å². The molecule has 112 valence electrons. The summed E-state index contributed by atoms with van der Waals surface area (Å²) in [7, 11) is 0. The van der Waals surface area contributed by atoms with Gasteiger partial charge in [0.25, 0.3) is 5.69 Å². The van der Waals surface area contributed by atoms with Gasteiger partial charge in [-0.15, -0.1) is 12.4 Å². The topological polar surface area (TPSA) is 72.4 Å². The molecule has 2 unspecified atom stereocenters. The number of benzene rings is 1. The van der Waals surface area contributed by atoms with E-state index in [1.807, 2.05) is 0 Å². The van der Waals surface area contributed by atoms with Crippen molar-refractivity contribution in [1.29, 1.82) is 0 Å². The monoisotopic (exact) mass is 319 g/mol. The zero-order valence-electron chi connectivity index (χ0n) is 11.3. The van der Waals surface area contributed by atoms with Gasteiger partial charge in [-0.2, -0.15) is 0 Å². The van der Waals surface area contributed by atoms with Crippen LogP contribution in [0.15, 0.2) is 18.2 Å². The van der Waals surface area contributed by atoms with Crippen molar-refractivity contribution in [2.75, 3.05) is 13.1 Å². The Kier molecular flexibility index (Phi) is 6.20. The SMILES string of the molecule is CC1CC(CN)CN1Cc1ccc(Cl)cc1[N+](=O)[O-].Cl. The van der Waals surface area contributed by atoms with Crippen LogP contribution >= 0.6 is 24.0 Å². The number of halogens is 2. The maximum atomic E-state index is 11.1. The molecule has 1 fully saturated rings. The lowest BCUT2D eigenvalue weighted by Crippen LogP contribution is -2.27. The predicted molar refractivity (Wildman–Crippen MR) is 82.4 cm³/mol. The molecule has 0 aromatic heterocycles. The minimum Gasteiger partial charge on any atom is -0.330 e. The molecule has 1 aromatic rings. The van der Waals surface area contributed by atoms with Crippen molar-refractivity contribution in [2.45, 2.75) is 25.9 Å². The smallest absolute Gasteiger partial charge is 0.275 e. The molecule has 0 spiro atoms. The number of hydrogen-bond donors (Lipinski definition) is 1. The summed E-state index contributed by atoms with van der Waals surface area (Å²) < 4.78 is 0. The van der Waals surface area contributed by atoms with Crippen LogP contribution in [0.2, 0.25) is 5.02 Å². The van der Waals surface area contributed by atoms with Gasteiger partial charge in [0.05, 0.1) is 4.92 Å². The molecule has 2 rings (SSSR count). The number of likely N-dealkylation sites (tertiary alicyclic amines) is 1. The molecule has 0 saturated carbocycles. The summed E-state index contributed by atoms with van der Waals surface area (Å²) >= 11 is 5.82. The van der Waals surface area contributed by atoms with Gasteiger partial charge in [-0.05, 0) is 37.9 Å².